The Labute approximate surface area is 206 Å². The van der Waals surface area contributed by atoms with E-state index >= 15 is 0 Å². The second-order valence-electron chi connectivity index (χ2n) is 8.61. The van der Waals surface area contributed by atoms with Crippen molar-refractivity contribution in [3.8, 4) is 0 Å². The van der Waals surface area contributed by atoms with Gasteiger partial charge in [0.15, 0.2) is 0 Å². The SMILES string of the molecule is CCN(CC)S(=O)(=O)c1cccc(C(=O)N[C@H](C(=O)NCc2nc3ccccc3n2C)C(C)C)c1. The van der Waals surface area contributed by atoms with Gasteiger partial charge in [0, 0.05) is 25.7 Å². The number of benzene rings is 2. The van der Waals surface area contributed by atoms with Crippen molar-refractivity contribution in [1.82, 2.24) is 24.5 Å². The van der Waals surface area contributed by atoms with Gasteiger partial charge in [-0.2, -0.15) is 4.31 Å². The number of fused-ring (bicyclic) bond motifs is 1. The maximum absolute atomic E-state index is 13.0. The summed E-state index contributed by atoms with van der Waals surface area (Å²) in [7, 11) is -1.82. The first-order valence-corrected chi connectivity index (χ1v) is 13.1. The average molecular weight is 500 g/mol. The first-order valence-electron chi connectivity index (χ1n) is 11.7. The second kappa shape index (κ2) is 11.0. The monoisotopic (exact) mass is 499 g/mol. The van der Waals surface area contributed by atoms with Crippen LogP contribution < -0.4 is 10.6 Å². The molecule has 0 aliphatic rings. The van der Waals surface area contributed by atoms with Gasteiger partial charge in [0.05, 0.1) is 22.5 Å². The van der Waals surface area contributed by atoms with Crippen molar-refractivity contribution in [2.75, 3.05) is 13.1 Å². The van der Waals surface area contributed by atoms with Gasteiger partial charge in [-0.05, 0) is 36.2 Å². The fraction of sp³-hybridized carbons (Fsp3) is 0.400. The van der Waals surface area contributed by atoms with Gasteiger partial charge in [-0.3, -0.25) is 9.59 Å². The van der Waals surface area contributed by atoms with Crippen molar-refractivity contribution in [1.29, 1.82) is 0 Å². The predicted molar refractivity (Wildman–Crippen MR) is 135 cm³/mol. The van der Waals surface area contributed by atoms with Crippen molar-refractivity contribution in [2.45, 2.75) is 45.2 Å². The highest BCUT2D eigenvalue weighted by molar-refractivity contribution is 7.89. The van der Waals surface area contributed by atoms with Crippen LogP contribution in [0.25, 0.3) is 11.0 Å². The molecule has 3 rings (SSSR count). The molecule has 188 valence electrons. The lowest BCUT2D eigenvalue weighted by molar-refractivity contribution is -0.124. The molecule has 3 aromatic rings. The summed E-state index contributed by atoms with van der Waals surface area (Å²) in [6.45, 7) is 8.06. The number of aromatic nitrogens is 2. The van der Waals surface area contributed by atoms with E-state index in [-0.39, 0.29) is 28.8 Å². The van der Waals surface area contributed by atoms with Crippen LogP contribution in [0.2, 0.25) is 0 Å². The lowest BCUT2D eigenvalue weighted by Crippen LogP contribution is -2.49. The van der Waals surface area contributed by atoms with Crippen LogP contribution in [0.15, 0.2) is 53.4 Å². The smallest absolute Gasteiger partial charge is 0.251 e. The molecule has 1 atom stereocenters. The summed E-state index contributed by atoms with van der Waals surface area (Å²) in [6, 6.07) is 12.8. The molecular weight excluding hydrogens is 466 g/mol. The van der Waals surface area contributed by atoms with Crippen molar-refractivity contribution in [3.63, 3.8) is 0 Å². The van der Waals surface area contributed by atoms with Gasteiger partial charge in [-0.1, -0.05) is 45.9 Å². The number of sulfonamides is 1. The topological polar surface area (TPSA) is 113 Å². The Hall–Kier alpha value is -3.24. The molecule has 1 heterocycles. The van der Waals surface area contributed by atoms with Crippen molar-refractivity contribution in [3.05, 3.63) is 59.9 Å². The normalized spacial score (nSPS) is 12.8. The minimum Gasteiger partial charge on any atom is -0.347 e. The third-order valence-electron chi connectivity index (χ3n) is 5.98. The number of hydrogen-bond donors (Lipinski definition) is 2. The van der Waals surface area contributed by atoms with Crippen LogP contribution in [0.4, 0.5) is 0 Å². The van der Waals surface area contributed by atoms with E-state index in [0.29, 0.717) is 18.9 Å². The van der Waals surface area contributed by atoms with Gasteiger partial charge in [0.2, 0.25) is 15.9 Å². The Bertz CT molecular complexity index is 1310. The van der Waals surface area contributed by atoms with E-state index in [9.17, 15) is 18.0 Å². The summed E-state index contributed by atoms with van der Waals surface area (Å²) in [5.41, 5.74) is 1.98. The lowest BCUT2D eigenvalue weighted by atomic mass is 10.0. The highest BCUT2D eigenvalue weighted by Gasteiger charge is 2.27. The molecule has 2 aromatic carbocycles. The second-order valence-corrected chi connectivity index (χ2v) is 10.5. The standard InChI is InChI=1S/C25H33N5O4S/c1-6-30(7-2)35(33,34)19-12-10-11-18(15-19)24(31)28-23(17(3)4)25(32)26-16-22-27-20-13-8-9-14-21(20)29(22)5/h8-15,17,23H,6-7,16H2,1-5H3,(H,26,32)(H,28,31)/t23-/m0/s1. The molecule has 2 amide bonds. The van der Waals surface area contributed by atoms with E-state index in [1.54, 1.807) is 13.8 Å². The third kappa shape index (κ3) is 5.71. The van der Waals surface area contributed by atoms with Gasteiger partial charge in [-0.25, -0.2) is 13.4 Å². The summed E-state index contributed by atoms with van der Waals surface area (Å²) < 4.78 is 28.9. The third-order valence-corrected chi connectivity index (χ3v) is 8.02. The van der Waals surface area contributed by atoms with Crippen molar-refractivity contribution in [2.24, 2.45) is 13.0 Å². The number of para-hydroxylation sites is 2. The van der Waals surface area contributed by atoms with Crippen LogP contribution in [0, 0.1) is 5.92 Å². The minimum atomic E-state index is -3.71. The fourth-order valence-electron chi connectivity index (χ4n) is 3.90. The molecule has 0 saturated carbocycles. The molecular formula is C25H33N5O4S. The highest BCUT2D eigenvalue weighted by atomic mass is 32.2. The summed E-state index contributed by atoms with van der Waals surface area (Å²) in [4.78, 5) is 30.6. The summed E-state index contributed by atoms with van der Waals surface area (Å²) >= 11 is 0. The average Bonchev–Trinajstić information content (AvgIpc) is 3.16. The number of nitrogens with one attached hydrogen (secondary N) is 2. The fourth-order valence-corrected chi connectivity index (χ4v) is 5.40. The predicted octanol–water partition coefficient (Wildman–Crippen LogP) is 2.67. The summed E-state index contributed by atoms with van der Waals surface area (Å²) in [5, 5.41) is 5.62. The zero-order chi connectivity index (χ0) is 25.8. The maximum atomic E-state index is 13.0. The van der Waals surface area contributed by atoms with Gasteiger partial charge >= 0.3 is 0 Å². The van der Waals surface area contributed by atoms with Gasteiger partial charge in [-0.15, -0.1) is 0 Å². The molecule has 35 heavy (non-hydrogen) atoms. The Kier molecular flexibility index (Phi) is 8.29. The Morgan fingerprint density at radius 2 is 1.74 bits per heavy atom. The number of carbonyl (C=O) groups excluding carboxylic acids is 2. The van der Waals surface area contributed by atoms with Crippen LogP contribution in [0.5, 0.6) is 0 Å². The van der Waals surface area contributed by atoms with Crippen LogP contribution in [0.1, 0.15) is 43.9 Å². The highest BCUT2D eigenvalue weighted by Crippen LogP contribution is 2.18. The molecule has 0 fully saturated rings. The van der Waals surface area contributed by atoms with E-state index in [0.717, 1.165) is 11.0 Å². The van der Waals surface area contributed by atoms with E-state index in [4.69, 9.17) is 0 Å². The van der Waals surface area contributed by atoms with E-state index < -0.39 is 22.0 Å². The lowest BCUT2D eigenvalue weighted by Gasteiger charge is -2.22. The quantitative estimate of drug-likeness (QED) is 0.445. The van der Waals surface area contributed by atoms with E-state index in [1.165, 1.54) is 28.6 Å². The summed E-state index contributed by atoms with van der Waals surface area (Å²) in [6.07, 6.45) is 0. The first kappa shape index (κ1) is 26.4. The molecule has 0 aliphatic heterocycles. The van der Waals surface area contributed by atoms with Gasteiger partial charge in [0.25, 0.3) is 5.91 Å². The molecule has 0 saturated heterocycles. The van der Waals surface area contributed by atoms with Crippen LogP contribution >= 0.6 is 0 Å². The Balaban J connectivity index is 1.73. The molecule has 2 N–H and O–H groups in total. The molecule has 0 spiro atoms. The van der Waals surface area contributed by atoms with Gasteiger partial charge < -0.3 is 15.2 Å². The number of rotatable bonds is 10. The van der Waals surface area contributed by atoms with E-state index in [1.807, 2.05) is 49.7 Å². The number of carbonyl (C=O) groups is 2. The molecule has 0 unspecified atom stereocenters. The number of nitrogens with zero attached hydrogens (tertiary/aromatic N) is 3. The number of imidazole rings is 1. The zero-order valence-electron chi connectivity index (χ0n) is 20.8. The summed E-state index contributed by atoms with van der Waals surface area (Å²) in [5.74, 6) is -0.352. The molecule has 0 aliphatic carbocycles. The molecule has 1 aromatic heterocycles. The minimum absolute atomic E-state index is 0.0428. The number of hydrogen-bond acceptors (Lipinski definition) is 5. The number of amides is 2. The molecule has 10 heteroatoms. The van der Waals surface area contributed by atoms with Crippen LogP contribution in [-0.2, 0) is 28.4 Å². The van der Waals surface area contributed by atoms with Crippen molar-refractivity contribution >= 4 is 32.9 Å². The van der Waals surface area contributed by atoms with E-state index in [2.05, 4.69) is 15.6 Å². The molecule has 0 radical (unpaired) electrons. The largest absolute Gasteiger partial charge is 0.347 e. The van der Waals surface area contributed by atoms with Gasteiger partial charge in [0.1, 0.15) is 11.9 Å². The Morgan fingerprint density at radius 1 is 1.06 bits per heavy atom. The van der Waals surface area contributed by atoms with Crippen LogP contribution in [0.3, 0.4) is 0 Å². The Morgan fingerprint density at radius 3 is 2.37 bits per heavy atom. The maximum Gasteiger partial charge on any atom is 0.251 e. The van der Waals surface area contributed by atoms with Crippen LogP contribution in [-0.4, -0.2) is 53.2 Å². The first-order chi connectivity index (χ1) is 16.6. The molecule has 0 bridgehead atoms. The molecule has 9 nitrogen and oxygen atoms in total. The number of aryl methyl sites for hydroxylation is 1. The van der Waals surface area contributed by atoms with Crippen molar-refractivity contribution < 1.29 is 18.0 Å². The zero-order valence-corrected chi connectivity index (χ0v) is 21.6.